The summed E-state index contributed by atoms with van der Waals surface area (Å²) >= 11 is 2.10. The third-order valence-electron chi connectivity index (χ3n) is 1.92. The predicted octanol–water partition coefficient (Wildman–Crippen LogP) is 1.87. The molecule has 0 aromatic heterocycles. The average molecular weight is 313 g/mol. The molecule has 0 aliphatic carbocycles. The second kappa shape index (κ2) is 6.61. The highest BCUT2D eigenvalue weighted by atomic mass is 127. The van der Waals surface area contributed by atoms with Crippen molar-refractivity contribution in [2.75, 3.05) is 6.54 Å². The largest absolute Gasteiger partial charge is 0.393 e. The zero-order valence-electron chi connectivity index (χ0n) is 9.14. The molecule has 0 radical (unpaired) electrons. The van der Waals surface area contributed by atoms with Crippen LogP contribution in [0.25, 0.3) is 0 Å². The maximum absolute atomic E-state index is 11.4. The number of alkyl halides is 1. The second-order valence-corrected chi connectivity index (χ2v) is 6.66. The molecule has 0 aromatic carbocycles. The number of carbonyl (C=O) groups is 1. The van der Waals surface area contributed by atoms with Crippen molar-refractivity contribution >= 4 is 28.5 Å². The molecule has 4 heteroatoms. The first-order valence-corrected chi connectivity index (χ1v) is 6.11. The van der Waals surface area contributed by atoms with Gasteiger partial charge in [0.25, 0.3) is 0 Å². The van der Waals surface area contributed by atoms with E-state index >= 15 is 0 Å². The van der Waals surface area contributed by atoms with Crippen LogP contribution in [0.3, 0.4) is 0 Å². The average Bonchev–Trinajstić information content (AvgIpc) is 2.02. The van der Waals surface area contributed by atoms with E-state index in [1.54, 1.807) is 0 Å². The molecule has 2 N–H and O–H groups in total. The Morgan fingerprint density at radius 2 is 2.07 bits per heavy atom. The van der Waals surface area contributed by atoms with Crippen molar-refractivity contribution in [2.24, 2.45) is 0 Å². The maximum Gasteiger partial charge on any atom is 0.235 e. The molecule has 0 aliphatic rings. The van der Waals surface area contributed by atoms with Crippen LogP contribution in [0.4, 0.5) is 0 Å². The number of aliphatic hydroxyl groups is 1. The van der Waals surface area contributed by atoms with Crippen molar-refractivity contribution in [2.45, 2.75) is 49.6 Å². The van der Waals surface area contributed by atoms with E-state index in [0.29, 0.717) is 13.0 Å². The number of amides is 1. The van der Waals surface area contributed by atoms with Crippen LogP contribution in [0.15, 0.2) is 0 Å². The fraction of sp³-hybridized carbons (Fsp3) is 0.900. The van der Waals surface area contributed by atoms with Gasteiger partial charge in [0.2, 0.25) is 5.91 Å². The number of halogens is 1. The lowest BCUT2D eigenvalue weighted by molar-refractivity contribution is -0.122. The number of hydrogen-bond acceptors (Lipinski definition) is 2. The molecule has 0 bridgehead atoms. The van der Waals surface area contributed by atoms with Crippen LogP contribution in [-0.4, -0.2) is 27.1 Å². The van der Waals surface area contributed by atoms with Gasteiger partial charge in [-0.1, -0.05) is 35.9 Å². The van der Waals surface area contributed by atoms with E-state index in [9.17, 15) is 9.90 Å². The monoisotopic (exact) mass is 313 g/mol. The topological polar surface area (TPSA) is 49.3 Å². The Kier molecular flexibility index (Phi) is 6.68. The first kappa shape index (κ1) is 14.2. The smallest absolute Gasteiger partial charge is 0.235 e. The zero-order valence-corrected chi connectivity index (χ0v) is 11.3. The molecule has 3 nitrogen and oxygen atoms in total. The van der Waals surface area contributed by atoms with Crippen molar-refractivity contribution in [3.8, 4) is 0 Å². The highest BCUT2D eigenvalue weighted by molar-refractivity contribution is 14.1. The molecule has 0 saturated heterocycles. The van der Waals surface area contributed by atoms with E-state index in [1.807, 2.05) is 20.8 Å². The van der Waals surface area contributed by atoms with Gasteiger partial charge < -0.3 is 10.4 Å². The fourth-order valence-corrected chi connectivity index (χ4v) is 1.23. The third kappa shape index (κ3) is 6.59. The van der Waals surface area contributed by atoms with E-state index < -0.39 is 0 Å². The SMILES string of the molecule is CCCC(O)CCNC(=O)C(C)(C)I. The second-order valence-electron chi connectivity index (χ2n) is 3.96. The molecule has 0 aromatic rings. The molecular formula is C10H20INO2. The maximum atomic E-state index is 11.4. The minimum Gasteiger partial charge on any atom is -0.393 e. The Labute approximate surface area is 99.8 Å². The van der Waals surface area contributed by atoms with Gasteiger partial charge in [-0.2, -0.15) is 0 Å². The first-order chi connectivity index (χ1) is 6.38. The van der Waals surface area contributed by atoms with Crippen LogP contribution in [-0.2, 0) is 4.79 Å². The van der Waals surface area contributed by atoms with Crippen LogP contribution in [0.2, 0.25) is 0 Å². The molecule has 0 aliphatic heterocycles. The minimum absolute atomic E-state index is 0.0294. The predicted molar refractivity (Wildman–Crippen MR) is 66.6 cm³/mol. The van der Waals surface area contributed by atoms with Crippen molar-refractivity contribution < 1.29 is 9.90 Å². The lowest BCUT2D eigenvalue weighted by Crippen LogP contribution is -2.38. The van der Waals surface area contributed by atoms with E-state index in [2.05, 4.69) is 27.9 Å². The number of rotatable bonds is 6. The summed E-state index contributed by atoms with van der Waals surface area (Å²) in [6, 6.07) is 0. The van der Waals surface area contributed by atoms with Crippen LogP contribution >= 0.6 is 22.6 Å². The highest BCUT2D eigenvalue weighted by Crippen LogP contribution is 2.16. The van der Waals surface area contributed by atoms with Gasteiger partial charge >= 0.3 is 0 Å². The summed E-state index contributed by atoms with van der Waals surface area (Å²) in [6.07, 6.45) is 2.15. The summed E-state index contributed by atoms with van der Waals surface area (Å²) < 4.78 is -0.368. The van der Waals surface area contributed by atoms with Gasteiger partial charge in [0.05, 0.1) is 9.53 Å². The lowest BCUT2D eigenvalue weighted by atomic mass is 10.1. The fourth-order valence-electron chi connectivity index (χ4n) is 1.04. The van der Waals surface area contributed by atoms with Gasteiger partial charge in [0, 0.05) is 6.54 Å². The van der Waals surface area contributed by atoms with Gasteiger partial charge in [-0.25, -0.2) is 0 Å². The molecule has 14 heavy (non-hydrogen) atoms. The Bertz CT molecular complexity index is 177. The van der Waals surface area contributed by atoms with Crippen LogP contribution in [0.1, 0.15) is 40.0 Å². The van der Waals surface area contributed by atoms with Crippen LogP contribution < -0.4 is 5.32 Å². The van der Waals surface area contributed by atoms with Gasteiger partial charge in [-0.3, -0.25) is 4.79 Å². The van der Waals surface area contributed by atoms with Gasteiger partial charge in [0.1, 0.15) is 0 Å². The number of nitrogens with one attached hydrogen (secondary N) is 1. The summed E-state index contributed by atoms with van der Waals surface area (Å²) in [5, 5.41) is 12.2. The summed E-state index contributed by atoms with van der Waals surface area (Å²) in [5.74, 6) is 0.0294. The molecule has 84 valence electrons. The normalized spacial score (nSPS) is 13.8. The third-order valence-corrected chi connectivity index (χ3v) is 2.41. The van der Waals surface area contributed by atoms with Crippen molar-refractivity contribution in [3.63, 3.8) is 0 Å². The Balaban J connectivity index is 3.59. The molecule has 0 saturated carbocycles. The minimum atomic E-state index is -0.368. The quantitative estimate of drug-likeness (QED) is 0.581. The summed E-state index contributed by atoms with van der Waals surface area (Å²) in [6.45, 7) is 6.33. The van der Waals surface area contributed by atoms with Gasteiger partial charge in [0.15, 0.2) is 0 Å². The van der Waals surface area contributed by atoms with Crippen LogP contribution in [0, 0.1) is 0 Å². The van der Waals surface area contributed by atoms with E-state index in [1.165, 1.54) is 0 Å². The Hall–Kier alpha value is 0.160. The molecule has 1 atom stereocenters. The van der Waals surface area contributed by atoms with Crippen molar-refractivity contribution in [3.05, 3.63) is 0 Å². The molecule has 0 spiro atoms. The highest BCUT2D eigenvalue weighted by Gasteiger charge is 2.22. The molecule has 1 unspecified atom stereocenters. The molecule has 1 amide bonds. The molecule has 0 fully saturated rings. The molecule has 0 rings (SSSR count). The molecular weight excluding hydrogens is 293 g/mol. The molecule has 0 heterocycles. The lowest BCUT2D eigenvalue weighted by Gasteiger charge is -2.16. The summed E-state index contributed by atoms with van der Waals surface area (Å²) in [4.78, 5) is 11.4. The van der Waals surface area contributed by atoms with E-state index in [0.717, 1.165) is 12.8 Å². The Morgan fingerprint density at radius 1 is 1.50 bits per heavy atom. The van der Waals surface area contributed by atoms with Crippen molar-refractivity contribution in [1.82, 2.24) is 5.32 Å². The zero-order chi connectivity index (χ0) is 11.2. The van der Waals surface area contributed by atoms with E-state index in [4.69, 9.17) is 0 Å². The van der Waals surface area contributed by atoms with Gasteiger partial charge in [-0.05, 0) is 26.7 Å². The van der Waals surface area contributed by atoms with Gasteiger partial charge in [-0.15, -0.1) is 0 Å². The first-order valence-electron chi connectivity index (χ1n) is 5.03. The van der Waals surface area contributed by atoms with Crippen LogP contribution in [0.5, 0.6) is 0 Å². The standard InChI is InChI=1S/C10H20INO2/c1-4-5-8(13)6-7-12-9(14)10(2,3)11/h8,13H,4-7H2,1-3H3,(H,12,14). The summed E-state index contributed by atoms with van der Waals surface area (Å²) in [7, 11) is 0. The number of hydrogen-bond donors (Lipinski definition) is 2. The van der Waals surface area contributed by atoms with Crippen molar-refractivity contribution in [1.29, 1.82) is 0 Å². The number of aliphatic hydroxyl groups excluding tert-OH is 1. The van der Waals surface area contributed by atoms with E-state index in [-0.39, 0.29) is 15.4 Å². The Morgan fingerprint density at radius 3 is 2.50 bits per heavy atom. The number of carbonyl (C=O) groups excluding carboxylic acids is 1. The summed E-state index contributed by atoms with van der Waals surface area (Å²) in [5.41, 5.74) is 0.